The van der Waals surface area contributed by atoms with Gasteiger partial charge in [0.1, 0.15) is 0 Å². The molecule has 0 aliphatic heterocycles. The Hall–Kier alpha value is -0.910. The molecule has 0 radical (unpaired) electrons. The highest BCUT2D eigenvalue weighted by molar-refractivity contribution is 7.89. The summed E-state index contributed by atoms with van der Waals surface area (Å²) < 4.78 is 26.9. The number of nitrogens with two attached hydrogens (primary N) is 1. The monoisotopic (exact) mass is 298 g/mol. The molecule has 0 atom stereocenters. The first kappa shape index (κ1) is 17.1. The summed E-state index contributed by atoms with van der Waals surface area (Å²) in [5.74, 6) is 0. The molecule has 20 heavy (non-hydrogen) atoms. The van der Waals surface area contributed by atoms with Crippen molar-refractivity contribution in [2.45, 2.75) is 46.1 Å². The molecular weight excluding hydrogens is 272 g/mol. The second kappa shape index (κ2) is 5.84. The molecule has 1 aromatic rings. The van der Waals surface area contributed by atoms with Crippen LogP contribution in [0, 0.1) is 19.3 Å². The van der Waals surface area contributed by atoms with E-state index in [0.29, 0.717) is 18.0 Å². The van der Waals surface area contributed by atoms with Crippen LogP contribution in [0.15, 0.2) is 17.0 Å². The minimum absolute atomic E-state index is 0.0871. The van der Waals surface area contributed by atoms with E-state index in [9.17, 15) is 8.42 Å². The molecule has 0 bridgehead atoms. The number of hydrogen-bond donors (Lipinski definition) is 1. The van der Waals surface area contributed by atoms with E-state index in [-0.39, 0.29) is 5.41 Å². The molecule has 0 fully saturated rings. The fourth-order valence-electron chi connectivity index (χ4n) is 2.21. The first-order valence-electron chi connectivity index (χ1n) is 6.75. The number of rotatable bonds is 4. The molecule has 4 nitrogen and oxygen atoms in total. The molecule has 114 valence electrons. The molecule has 0 aliphatic carbocycles. The minimum atomic E-state index is -3.48. The quantitative estimate of drug-likeness (QED) is 0.928. The third-order valence-corrected chi connectivity index (χ3v) is 5.23. The summed E-state index contributed by atoms with van der Waals surface area (Å²) in [6, 6.07) is 3.63. The fraction of sp³-hybridized carbons (Fsp3) is 0.600. The smallest absolute Gasteiger partial charge is 0.243 e. The Morgan fingerprint density at radius 2 is 1.75 bits per heavy atom. The van der Waals surface area contributed by atoms with Gasteiger partial charge in [0.15, 0.2) is 0 Å². The third-order valence-electron chi connectivity index (χ3n) is 3.30. The van der Waals surface area contributed by atoms with Crippen LogP contribution >= 0.6 is 0 Å². The SMILES string of the molecule is Cc1cc(CN)cc(S(=O)(=O)N(C)CC(C)(C)C)c1C. The van der Waals surface area contributed by atoms with Gasteiger partial charge in [-0.05, 0) is 42.0 Å². The Morgan fingerprint density at radius 1 is 1.20 bits per heavy atom. The summed E-state index contributed by atoms with van der Waals surface area (Å²) in [4.78, 5) is 0.365. The number of benzene rings is 1. The molecule has 0 heterocycles. The van der Waals surface area contributed by atoms with E-state index in [2.05, 4.69) is 0 Å². The Balaban J connectivity index is 3.32. The van der Waals surface area contributed by atoms with E-state index in [4.69, 9.17) is 5.73 Å². The third kappa shape index (κ3) is 3.81. The maximum atomic E-state index is 12.7. The summed E-state index contributed by atoms with van der Waals surface area (Å²) in [5, 5.41) is 0. The number of hydrogen-bond acceptors (Lipinski definition) is 3. The zero-order valence-corrected chi connectivity index (χ0v) is 14.1. The van der Waals surface area contributed by atoms with Gasteiger partial charge in [0.05, 0.1) is 4.90 Å². The molecule has 0 amide bonds. The number of sulfonamides is 1. The predicted octanol–water partition coefficient (Wildman–Crippen LogP) is 2.43. The largest absolute Gasteiger partial charge is 0.326 e. The zero-order valence-electron chi connectivity index (χ0n) is 13.3. The molecule has 0 aliphatic rings. The molecule has 0 spiro atoms. The molecule has 5 heteroatoms. The molecular formula is C15H26N2O2S. The lowest BCUT2D eigenvalue weighted by molar-refractivity contribution is 0.310. The predicted molar refractivity (Wildman–Crippen MR) is 83.1 cm³/mol. The standard InChI is InChI=1S/C15H26N2O2S/c1-11-7-13(9-16)8-14(12(11)2)20(18,19)17(6)10-15(3,4)5/h7-8H,9-10,16H2,1-6H3. The van der Waals surface area contributed by atoms with E-state index >= 15 is 0 Å². The van der Waals surface area contributed by atoms with Crippen molar-refractivity contribution in [2.75, 3.05) is 13.6 Å². The van der Waals surface area contributed by atoms with Crippen molar-refractivity contribution in [3.8, 4) is 0 Å². The number of nitrogens with zero attached hydrogens (tertiary/aromatic N) is 1. The van der Waals surface area contributed by atoms with Crippen LogP contribution in [-0.4, -0.2) is 26.3 Å². The molecule has 1 rings (SSSR count). The van der Waals surface area contributed by atoms with Gasteiger partial charge in [-0.15, -0.1) is 0 Å². The van der Waals surface area contributed by atoms with Crippen molar-refractivity contribution < 1.29 is 8.42 Å². The Morgan fingerprint density at radius 3 is 2.20 bits per heavy atom. The second-order valence-corrected chi connectivity index (χ2v) is 8.58. The summed E-state index contributed by atoms with van der Waals surface area (Å²) in [5.41, 5.74) is 8.16. The highest BCUT2D eigenvalue weighted by atomic mass is 32.2. The van der Waals surface area contributed by atoms with Crippen molar-refractivity contribution in [3.63, 3.8) is 0 Å². The first-order chi connectivity index (χ1) is 8.99. The molecule has 0 saturated heterocycles. The summed E-state index contributed by atoms with van der Waals surface area (Å²) in [6.07, 6.45) is 0. The average molecular weight is 298 g/mol. The van der Waals surface area contributed by atoms with Crippen molar-refractivity contribution in [1.29, 1.82) is 0 Å². The molecule has 0 saturated carbocycles. The van der Waals surface area contributed by atoms with Crippen molar-refractivity contribution in [3.05, 3.63) is 28.8 Å². The topological polar surface area (TPSA) is 63.4 Å². The lowest BCUT2D eigenvalue weighted by Gasteiger charge is -2.27. The van der Waals surface area contributed by atoms with Crippen LogP contribution in [0.2, 0.25) is 0 Å². The highest BCUT2D eigenvalue weighted by Crippen LogP contribution is 2.26. The molecule has 2 N–H and O–H groups in total. The lowest BCUT2D eigenvalue weighted by atomic mass is 9.97. The van der Waals surface area contributed by atoms with E-state index in [1.807, 2.05) is 40.7 Å². The van der Waals surface area contributed by atoms with Crippen LogP contribution in [0.1, 0.15) is 37.5 Å². The van der Waals surface area contributed by atoms with Crippen molar-refractivity contribution >= 4 is 10.0 Å². The Kier molecular flexibility index (Phi) is 5.00. The van der Waals surface area contributed by atoms with Crippen molar-refractivity contribution in [1.82, 2.24) is 4.31 Å². The normalized spacial score (nSPS) is 13.0. The minimum Gasteiger partial charge on any atom is -0.326 e. The van der Waals surface area contributed by atoms with Crippen molar-refractivity contribution in [2.24, 2.45) is 11.1 Å². The second-order valence-electron chi connectivity index (χ2n) is 6.56. The summed E-state index contributed by atoms with van der Waals surface area (Å²) >= 11 is 0. The average Bonchev–Trinajstić information content (AvgIpc) is 2.29. The van der Waals surface area contributed by atoms with E-state index in [0.717, 1.165) is 16.7 Å². The van der Waals surface area contributed by atoms with E-state index in [1.54, 1.807) is 13.1 Å². The van der Waals surface area contributed by atoms with Gasteiger partial charge in [-0.2, -0.15) is 0 Å². The highest BCUT2D eigenvalue weighted by Gasteiger charge is 2.27. The van der Waals surface area contributed by atoms with Crippen LogP contribution in [-0.2, 0) is 16.6 Å². The van der Waals surface area contributed by atoms with Gasteiger partial charge in [0.2, 0.25) is 10.0 Å². The maximum Gasteiger partial charge on any atom is 0.243 e. The molecule has 1 aromatic carbocycles. The van der Waals surface area contributed by atoms with Crippen LogP contribution in [0.3, 0.4) is 0 Å². The van der Waals surface area contributed by atoms with Gasteiger partial charge in [-0.3, -0.25) is 0 Å². The van der Waals surface area contributed by atoms with Gasteiger partial charge in [-0.1, -0.05) is 26.8 Å². The van der Waals surface area contributed by atoms with Crippen LogP contribution in [0.5, 0.6) is 0 Å². The lowest BCUT2D eigenvalue weighted by Crippen LogP contribution is -2.35. The Labute approximate surface area is 123 Å². The summed E-state index contributed by atoms with van der Waals surface area (Å²) in [7, 11) is -1.85. The van der Waals surface area contributed by atoms with Gasteiger partial charge < -0.3 is 5.73 Å². The van der Waals surface area contributed by atoms with Gasteiger partial charge in [0.25, 0.3) is 0 Å². The first-order valence-corrected chi connectivity index (χ1v) is 8.19. The van der Waals surface area contributed by atoms with Crippen LogP contribution < -0.4 is 5.73 Å². The molecule has 0 aromatic heterocycles. The summed E-state index contributed by atoms with van der Waals surface area (Å²) in [6.45, 7) is 10.6. The van der Waals surface area contributed by atoms with Crippen LogP contribution in [0.4, 0.5) is 0 Å². The van der Waals surface area contributed by atoms with Gasteiger partial charge >= 0.3 is 0 Å². The fourth-order valence-corrected chi connectivity index (χ4v) is 3.95. The maximum absolute atomic E-state index is 12.7. The number of aryl methyl sites for hydroxylation is 1. The van der Waals surface area contributed by atoms with Crippen LogP contribution in [0.25, 0.3) is 0 Å². The Bertz CT molecular complexity index is 587. The van der Waals surface area contributed by atoms with E-state index < -0.39 is 10.0 Å². The zero-order chi connectivity index (χ0) is 15.7. The van der Waals surface area contributed by atoms with Gasteiger partial charge in [-0.25, -0.2) is 12.7 Å². The van der Waals surface area contributed by atoms with E-state index in [1.165, 1.54) is 4.31 Å². The van der Waals surface area contributed by atoms with Gasteiger partial charge in [0, 0.05) is 20.1 Å². The molecule has 0 unspecified atom stereocenters.